The number of fused-ring (bicyclic) bond motifs is 1. The Balaban J connectivity index is 2.02. The lowest BCUT2D eigenvalue weighted by molar-refractivity contribution is 0.0994. The third-order valence-electron chi connectivity index (χ3n) is 4.26. The zero-order chi connectivity index (χ0) is 20.4. The van der Waals surface area contributed by atoms with Gasteiger partial charge in [0.2, 0.25) is 11.6 Å². The van der Waals surface area contributed by atoms with Crippen LogP contribution in [0.5, 0.6) is 23.1 Å². The highest BCUT2D eigenvalue weighted by atomic mass is 79.9. The monoisotopic (exact) mass is 447 g/mol. The summed E-state index contributed by atoms with van der Waals surface area (Å²) < 4.78 is 18.1. The van der Waals surface area contributed by atoms with Gasteiger partial charge in [0, 0.05) is 16.9 Å². The zero-order valence-electron chi connectivity index (χ0n) is 15.7. The Bertz CT molecular complexity index is 1070. The Kier molecular flexibility index (Phi) is 5.55. The van der Waals surface area contributed by atoms with Gasteiger partial charge in [-0.15, -0.1) is 10.2 Å². The van der Waals surface area contributed by atoms with E-state index in [1.807, 2.05) is 12.1 Å². The van der Waals surface area contributed by atoms with Gasteiger partial charge in [-0.25, -0.2) is 0 Å². The molecule has 0 bridgehead atoms. The fraction of sp³-hybridized carbons (Fsp3) is 0.211. The fourth-order valence-electron chi connectivity index (χ4n) is 2.84. The maximum atomic E-state index is 12.6. The van der Waals surface area contributed by atoms with Crippen molar-refractivity contribution in [2.24, 2.45) is 17.3 Å². The second-order valence-corrected chi connectivity index (χ2v) is 6.73. The van der Waals surface area contributed by atoms with Crippen molar-refractivity contribution in [2.45, 2.75) is 0 Å². The van der Waals surface area contributed by atoms with Crippen molar-refractivity contribution in [3.63, 3.8) is 0 Å². The number of carbonyl (C=O) groups excluding carboxylic acids is 1. The number of aromatic nitrogens is 1. The Morgan fingerprint density at radius 1 is 1.07 bits per heavy atom. The molecule has 0 saturated carbocycles. The van der Waals surface area contributed by atoms with Gasteiger partial charge in [-0.2, -0.15) is 0 Å². The highest BCUT2D eigenvalue weighted by Crippen LogP contribution is 2.40. The van der Waals surface area contributed by atoms with Gasteiger partial charge in [0.05, 0.1) is 32.4 Å². The Morgan fingerprint density at radius 3 is 2.29 bits per heavy atom. The number of methoxy groups -OCH3 is 3. The molecule has 1 heterocycles. The molecule has 3 aromatic rings. The van der Waals surface area contributed by atoms with Crippen LogP contribution < -0.4 is 14.2 Å². The molecule has 0 aliphatic carbocycles. The molecule has 0 unspecified atom stereocenters. The summed E-state index contributed by atoms with van der Waals surface area (Å²) >= 11 is 3.39. The van der Waals surface area contributed by atoms with E-state index in [9.17, 15) is 9.90 Å². The van der Waals surface area contributed by atoms with Gasteiger partial charge in [0.25, 0.3) is 5.91 Å². The van der Waals surface area contributed by atoms with Gasteiger partial charge >= 0.3 is 0 Å². The van der Waals surface area contributed by atoms with Crippen molar-refractivity contribution in [2.75, 3.05) is 21.3 Å². The first kappa shape index (κ1) is 19.7. The summed E-state index contributed by atoms with van der Waals surface area (Å²) in [7, 11) is 6.09. The van der Waals surface area contributed by atoms with Crippen LogP contribution in [0.2, 0.25) is 0 Å². The number of amides is 1. The minimum absolute atomic E-state index is 0.0884. The first-order valence-corrected chi connectivity index (χ1v) is 8.93. The van der Waals surface area contributed by atoms with Crippen LogP contribution >= 0.6 is 15.9 Å². The molecule has 0 fully saturated rings. The molecule has 2 aromatic carbocycles. The number of hydrogen-bond donors (Lipinski definition) is 1. The van der Waals surface area contributed by atoms with Crippen LogP contribution in [0.4, 0.5) is 5.69 Å². The second-order valence-electron chi connectivity index (χ2n) is 5.81. The summed E-state index contributed by atoms with van der Waals surface area (Å²) in [5.74, 6) is 0.324. The molecule has 8 nitrogen and oxygen atoms in total. The predicted octanol–water partition coefficient (Wildman–Crippen LogP) is 4.60. The van der Waals surface area contributed by atoms with E-state index in [2.05, 4.69) is 26.2 Å². The Labute approximate surface area is 169 Å². The first-order valence-electron chi connectivity index (χ1n) is 8.14. The lowest BCUT2D eigenvalue weighted by atomic mass is 10.1. The minimum atomic E-state index is -0.620. The zero-order valence-corrected chi connectivity index (χ0v) is 17.3. The normalized spacial score (nSPS) is 11.2. The maximum absolute atomic E-state index is 12.6. The first-order chi connectivity index (χ1) is 13.4. The molecule has 0 spiro atoms. The molecule has 0 aliphatic heterocycles. The summed E-state index contributed by atoms with van der Waals surface area (Å²) in [6.07, 6.45) is 0. The largest absolute Gasteiger partial charge is 0.493 e. The number of carbonyl (C=O) groups is 1. The number of benzene rings is 2. The number of hydrogen-bond acceptors (Lipinski definition) is 6. The second kappa shape index (κ2) is 7.89. The van der Waals surface area contributed by atoms with Crippen molar-refractivity contribution in [1.29, 1.82) is 0 Å². The molecular weight excluding hydrogens is 430 g/mol. The summed E-state index contributed by atoms with van der Waals surface area (Å²) in [4.78, 5) is 12.6. The van der Waals surface area contributed by atoms with Crippen molar-refractivity contribution in [1.82, 2.24) is 4.57 Å². The number of halogens is 1. The number of rotatable bonds is 5. The van der Waals surface area contributed by atoms with Crippen LogP contribution in [0.3, 0.4) is 0 Å². The Morgan fingerprint density at radius 2 is 1.71 bits per heavy atom. The van der Waals surface area contributed by atoms with Crippen molar-refractivity contribution >= 4 is 38.4 Å². The molecule has 9 heteroatoms. The van der Waals surface area contributed by atoms with E-state index in [0.29, 0.717) is 22.6 Å². The lowest BCUT2D eigenvalue weighted by Crippen LogP contribution is -2.00. The molecular formula is C19H18BrN3O5. The molecule has 0 aliphatic rings. The van der Waals surface area contributed by atoms with E-state index in [0.717, 1.165) is 9.99 Å². The minimum Gasteiger partial charge on any atom is -0.493 e. The molecule has 146 valence electrons. The van der Waals surface area contributed by atoms with E-state index in [1.165, 1.54) is 33.5 Å². The third-order valence-corrected chi connectivity index (χ3v) is 4.75. The highest BCUT2D eigenvalue weighted by molar-refractivity contribution is 9.10. The molecule has 0 radical (unpaired) electrons. The smallest absolute Gasteiger partial charge is 0.295 e. The number of ether oxygens (including phenoxy) is 3. The molecule has 3 rings (SSSR count). The maximum Gasteiger partial charge on any atom is 0.295 e. The quantitative estimate of drug-likeness (QED) is 0.576. The fourth-order valence-corrected chi connectivity index (χ4v) is 3.20. The number of aryl methyl sites for hydroxylation is 1. The molecule has 0 atom stereocenters. The van der Waals surface area contributed by atoms with Crippen LogP contribution in [-0.4, -0.2) is 36.9 Å². The van der Waals surface area contributed by atoms with E-state index in [1.54, 1.807) is 17.7 Å². The predicted molar refractivity (Wildman–Crippen MR) is 107 cm³/mol. The average Bonchev–Trinajstić information content (AvgIpc) is 2.94. The van der Waals surface area contributed by atoms with Crippen molar-refractivity contribution in [3.8, 4) is 23.1 Å². The van der Waals surface area contributed by atoms with Crippen LogP contribution in [0, 0.1) is 0 Å². The van der Waals surface area contributed by atoms with Gasteiger partial charge in [-0.1, -0.05) is 15.9 Å². The highest BCUT2D eigenvalue weighted by Gasteiger charge is 2.18. The molecule has 28 heavy (non-hydrogen) atoms. The molecule has 1 aromatic heterocycles. The molecule has 1 N–H and O–H groups in total. The summed E-state index contributed by atoms with van der Waals surface area (Å²) in [6.45, 7) is 0. The number of aromatic hydroxyl groups is 1. The topological polar surface area (TPSA) is 94.6 Å². The van der Waals surface area contributed by atoms with Gasteiger partial charge in [-0.05, 0) is 30.3 Å². The SMILES string of the molecule is COc1cc(C(=O)N=Nc2c(O)n(C)c3ccc(Br)cc23)cc(OC)c1OC. The number of nitrogens with zero attached hydrogens (tertiary/aromatic N) is 3. The third kappa shape index (κ3) is 3.40. The van der Waals surface area contributed by atoms with E-state index < -0.39 is 5.91 Å². The van der Waals surface area contributed by atoms with Crippen LogP contribution in [-0.2, 0) is 7.05 Å². The van der Waals surface area contributed by atoms with Crippen LogP contribution in [0.1, 0.15) is 10.4 Å². The molecule has 0 saturated heterocycles. The summed E-state index contributed by atoms with van der Waals surface area (Å²) in [5, 5.41) is 18.8. The average molecular weight is 448 g/mol. The van der Waals surface area contributed by atoms with Crippen molar-refractivity contribution in [3.05, 3.63) is 40.4 Å². The number of azo groups is 1. The summed E-state index contributed by atoms with van der Waals surface area (Å²) in [6, 6.07) is 8.46. The van der Waals surface area contributed by atoms with Crippen molar-refractivity contribution < 1.29 is 24.1 Å². The van der Waals surface area contributed by atoms with Crippen LogP contribution in [0.25, 0.3) is 10.9 Å². The van der Waals surface area contributed by atoms with Gasteiger partial charge in [-0.3, -0.25) is 4.79 Å². The van der Waals surface area contributed by atoms with Gasteiger partial charge in [0.1, 0.15) is 0 Å². The Hall–Kier alpha value is -3.07. The lowest BCUT2D eigenvalue weighted by Gasteiger charge is -2.12. The van der Waals surface area contributed by atoms with Gasteiger partial charge in [0.15, 0.2) is 17.2 Å². The molecule has 1 amide bonds. The standard InChI is InChI=1S/C19H18BrN3O5/c1-23-13-6-5-11(20)9-12(13)16(19(23)25)21-22-18(24)10-7-14(26-2)17(28-4)15(8-10)27-3/h5-9,25H,1-4H3. The van der Waals surface area contributed by atoms with Crippen LogP contribution in [0.15, 0.2) is 45.0 Å². The van der Waals surface area contributed by atoms with E-state index >= 15 is 0 Å². The van der Waals surface area contributed by atoms with Gasteiger partial charge < -0.3 is 23.9 Å². The summed E-state index contributed by atoms with van der Waals surface area (Å²) in [5.41, 5.74) is 1.17. The van der Waals surface area contributed by atoms with E-state index in [4.69, 9.17) is 14.2 Å². The van der Waals surface area contributed by atoms with E-state index in [-0.39, 0.29) is 17.1 Å².